The number of carbonyl (C=O) groups is 2. The maximum Gasteiger partial charge on any atom is 0.338 e. The summed E-state index contributed by atoms with van der Waals surface area (Å²) < 4.78 is 5.05. The maximum atomic E-state index is 12.4. The van der Waals surface area contributed by atoms with E-state index in [1.807, 2.05) is 4.90 Å². The summed E-state index contributed by atoms with van der Waals surface area (Å²) in [6, 6.07) is 8.60. The summed E-state index contributed by atoms with van der Waals surface area (Å²) in [5.74, 6) is -0.887. The lowest BCUT2D eigenvalue weighted by Crippen LogP contribution is -2.34. The fraction of sp³-hybridized carbons (Fsp3) is 0.333. The molecule has 1 heterocycles. The van der Waals surface area contributed by atoms with Crippen LogP contribution in [0, 0.1) is 16.0 Å². The van der Waals surface area contributed by atoms with E-state index >= 15 is 0 Å². The van der Waals surface area contributed by atoms with Crippen molar-refractivity contribution in [3.05, 3.63) is 67.7 Å². The molecule has 0 aromatic heterocycles. The number of ketones is 1. The topological polar surface area (TPSA) is 89.8 Å². The lowest BCUT2D eigenvalue weighted by atomic mass is 9.99. The van der Waals surface area contributed by atoms with Gasteiger partial charge in [0, 0.05) is 29.7 Å². The zero-order valence-electron chi connectivity index (χ0n) is 16.3. The van der Waals surface area contributed by atoms with Crippen LogP contribution in [0.4, 0.5) is 11.4 Å². The molecule has 3 rings (SSSR count). The van der Waals surface area contributed by atoms with Crippen molar-refractivity contribution in [1.29, 1.82) is 0 Å². The van der Waals surface area contributed by atoms with Crippen LogP contribution >= 0.6 is 23.2 Å². The van der Waals surface area contributed by atoms with Gasteiger partial charge in [0.15, 0.2) is 6.61 Å². The number of nitro benzene ring substituents is 1. The average molecular weight is 451 g/mol. The molecule has 0 bridgehead atoms. The van der Waals surface area contributed by atoms with E-state index in [0.29, 0.717) is 16.6 Å². The first kappa shape index (κ1) is 22.1. The van der Waals surface area contributed by atoms with Crippen LogP contribution in [0.1, 0.15) is 40.5 Å². The van der Waals surface area contributed by atoms with Gasteiger partial charge in [0.25, 0.3) is 5.69 Å². The van der Waals surface area contributed by atoms with Gasteiger partial charge in [0.1, 0.15) is 5.69 Å². The molecule has 0 spiro atoms. The highest BCUT2D eigenvalue weighted by atomic mass is 35.5. The lowest BCUT2D eigenvalue weighted by Gasteiger charge is -2.32. The molecular weight excluding hydrogens is 431 g/mol. The minimum absolute atomic E-state index is 0.00510. The molecule has 1 saturated heterocycles. The van der Waals surface area contributed by atoms with Crippen molar-refractivity contribution in [1.82, 2.24) is 0 Å². The predicted octanol–water partition coefficient (Wildman–Crippen LogP) is 5.18. The molecule has 158 valence electrons. The summed E-state index contributed by atoms with van der Waals surface area (Å²) in [6.45, 7) is 3.01. The second kappa shape index (κ2) is 9.45. The van der Waals surface area contributed by atoms with Gasteiger partial charge in [-0.05, 0) is 49.1 Å². The van der Waals surface area contributed by atoms with Crippen molar-refractivity contribution in [2.45, 2.75) is 19.8 Å². The summed E-state index contributed by atoms with van der Waals surface area (Å²) >= 11 is 11.8. The lowest BCUT2D eigenvalue weighted by molar-refractivity contribution is -0.384. The summed E-state index contributed by atoms with van der Waals surface area (Å²) in [6.07, 6.45) is 2.04. The number of rotatable bonds is 6. The van der Waals surface area contributed by atoms with E-state index in [0.717, 1.165) is 25.9 Å². The van der Waals surface area contributed by atoms with Crippen molar-refractivity contribution in [3.8, 4) is 0 Å². The molecule has 1 fully saturated rings. The maximum absolute atomic E-state index is 12.4. The van der Waals surface area contributed by atoms with Gasteiger partial charge in [-0.3, -0.25) is 14.9 Å². The van der Waals surface area contributed by atoms with Gasteiger partial charge in [-0.15, -0.1) is 0 Å². The van der Waals surface area contributed by atoms with E-state index < -0.39 is 23.3 Å². The van der Waals surface area contributed by atoms with Crippen LogP contribution in [-0.2, 0) is 4.74 Å². The largest absolute Gasteiger partial charge is 0.454 e. The Labute approximate surface area is 183 Å². The van der Waals surface area contributed by atoms with Crippen LogP contribution in [0.3, 0.4) is 0 Å². The Morgan fingerprint density at radius 2 is 2.00 bits per heavy atom. The number of ether oxygens (including phenoxy) is 1. The zero-order valence-corrected chi connectivity index (χ0v) is 17.8. The summed E-state index contributed by atoms with van der Waals surface area (Å²) in [7, 11) is 0. The number of esters is 1. The number of hydrogen-bond donors (Lipinski definition) is 0. The highest BCUT2D eigenvalue weighted by Crippen LogP contribution is 2.32. The second-order valence-electron chi connectivity index (χ2n) is 7.28. The standard InChI is InChI=1S/C21H20Cl2N2O5/c1-13-3-2-8-24(11-13)18-7-4-14(9-19(18)25(28)29)21(27)30-12-20(26)16-6-5-15(22)10-17(16)23/h4-7,9-10,13H,2-3,8,11-12H2,1H3. The van der Waals surface area contributed by atoms with Gasteiger partial charge < -0.3 is 9.64 Å². The van der Waals surface area contributed by atoms with E-state index in [1.54, 1.807) is 6.07 Å². The minimum atomic E-state index is -0.824. The number of hydrogen-bond acceptors (Lipinski definition) is 6. The van der Waals surface area contributed by atoms with Crippen LogP contribution < -0.4 is 4.90 Å². The van der Waals surface area contributed by atoms with E-state index in [4.69, 9.17) is 27.9 Å². The molecule has 2 aromatic rings. The molecule has 0 saturated carbocycles. The van der Waals surface area contributed by atoms with Crippen molar-refractivity contribution in [2.24, 2.45) is 5.92 Å². The zero-order chi connectivity index (χ0) is 21.8. The Kier molecular flexibility index (Phi) is 6.95. The second-order valence-corrected chi connectivity index (χ2v) is 8.12. The van der Waals surface area contributed by atoms with Gasteiger partial charge in [-0.2, -0.15) is 0 Å². The van der Waals surface area contributed by atoms with Gasteiger partial charge >= 0.3 is 5.97 Å². The average Bonchev–Trinajstić information content (AvgIpc) is 2.71. The molecule has 2 aromatic carbocycles. The third kappa shape index (κ3) is 5.09. The fourth-order valence-corrected chi connectivity index (χ4v) is 3.99. The first-order valence-electron chi connectivity index (χ1n) is 9.45. The molecule has 1 aliphatic rings. The molecule has 1 atom stereocenters. The minimum Gasteiger partial charge on any atom is -0.454 e. The Balaban J connectivity index is 1.73. The molecular formula is C21H20Cl2N2O5. The number of nitrogens with zero attached hydrogens (tertiary/aromatic N) is 2. The number of piperidine rings is 1. The predicted molar refractivity (Wildman–Crippen MR) is 115 cm³/mol. The Bertz CT molecular complexity index is 995. The molecule has 0 N–H and O–H groups in total. The monoisotopic (exact) mass is 450 g/mol. The number of carbonyl (C=O) groups excluding carboxylic acids is 2. The quantitative estimate of drug-likeness (QED) is 0.260. The highest BCUT2D eigenvalue weighted by molar-refractivity contribution is 6.36. The third-order valence-electron chi connectivity index (χ3n) is 4.97. The number of benzene rings is 2. The van der Waals surface area contributed by atoms with E-state index in [1.165, 1.54) is 30.3 Å². The van der Waals surface area contributed by atoms with Crippen LogP contribution in [-0.4, -0.2) is 36.4 Å². The molecule has 7 nitrogen and oxygen atoms in total. The number of halogens is 2. The highest BCUT2D eigenvalue weighted by Gasteiger charge is 2.26. The Morgan fingerprint density at radius 3 is 2.67 bits per heavy atom. The SMILES string of the molecule is CC1CCCN(c2ccc(C(=O)OCC(=O)c3ccc(Cl)cc3Cl)cc2[N+](=O)[O-])C1. The van der Waals surface area contributed by atoms with Gasteiger partial charge in [0.2, 0.25) is 5.78 Å². The van der Waals surface area contributed by atoms with Crippen LogP contribution in [0.25, 0.3) is 0 Å². The smallest absolute Gasteiger partial charge is 0.338 e. The number of anilines is 1. The van der Waals surface area contributed by atoms with Crippen LogP contribution in [0.2, 0.25) is 10.0 Å². The van der Waals surface area contributed by atoms with Crippen molar-refractivity contribution in [3.63, 3.8) is 0 Å². The van der Waals surface area contributed by atoms with Gasteiger partial charge in [-0.1, -0.05) is 30.1 Å². The van der Waals surface area contributed by atoms with Crippen molar-refractivity contribution in [2.75, 3.05) is 24.6 Å². The molecule has 30 heavy (non-hydrogen) atoms. The Hall–Kier alpha value is -2.64. The molecule has 1 aliphatic heterocycles. The van der Waals surface area contributed by atoms with Crippen molar-refractivity contribution >= 4 is 46.3 Å². The van der Waals surface area contributed by atoms with Crippen LogP contribution in [0.5, 0.6) is 0 Å². The van der Waals surface area contributed by atoms with Gasteiger partial charge in [-0.25, -0.2) is 4.79 Å². The normalized spacial score (nSPS) is 16.2. The number of Topliss-reactive ketones (excluding diaryl/α,β-unsaturated/α-hetero) is 1. The number of nitro groups is 1. The molecule has 0 aliphatic carbocycles. The molecule has 0 radical (unpaired) electrons. The van der Waals surface area contributed by atoms with Crippen molar-refractivity contribution < 1.29 is 19.2 Å². The summed E-state index contributed by atoms with van der Waals surface area (Å²) in [5.41, 5.74) is 0.498. The van der Waals surface area contributed by atoms with E-state index in [-0.39, 0.29) is 21.8 Å². The molecule has 9 heteroatoms. The molecule has 1 unspecified atom stereocenters. The van der Waals surface area contributed by atoms with E-state index in [9.17, 15) is 19.7 Å². The summed E-state index contributed by atoms with van der Waals surface area (Å²) in [4.78, 5) is 37.7. The first-order chi connectivity index (χ1) is 14.3. The van der Waals surface area contributed by atoms with Crippen LogP contribution in [0.15, 0.2) is 36.4 Å². The molecule has 0 amide bonds. The fourth-order valence-electron chi connectivity index (χ4n) is 3.48. The van der Waals surface area contributed by atoms with Gasteiger partial charge in [0.05, 0.1) is 15.5 Å². The summed E-state index contributed by atoms with van der Waals surface area (Å²) in [5, 5.41) is 12.1. The Morgan fingerprint density at radius 1 is 1.23 bits per heavy atom. The van der Waals surface area contributed by atoms with E-state index in [2.05, 4.69) is 6.92 Å². The third-order valence-corrected chi connectivity index (χ3v) is 5.52. The first-order valence-corrected chi connectivity index (χ1v) is 10.2.